The Kier molecular flexibility index (Phi) is 3.34. The Morgan fingerprint density at radius 1 is 1.10 bits per heavy atom. The number of hydrogen-bond acceptors (Lipinski definition) is 7. The topological polar surface area (TPSA) is 95.2 Å². The number of nitrogens with one attached hydrogen (secondary N) is 1. The monoisotopic (exact) mass is 273 g/mol. The molecule has 1 aliphatic rings. The standard InChI is InChI=1S/C13H15N5O2/c1-19-12-15-11(18-14)16-13(17-12)20-10-6-5-8-3-2-4-9(8)7-10/h5-7H,2-4,14H2,1H3,(H,15,16,17,18). The van der Waals surface area contributed by atoms with E-state index in [0.29, 0.717) is 5.75 Å². The number of hydrazine groups is 1. The van der Waals surface area contributed by atoms with Crippen molar-refractivity contribution < 1.29 is 9.47 Å². The molecule has 7 nitrogen and oxygen atoms in total. The molecule has 0 bridgehead atoms. The Balaban J connectivity index is 1.87. The lowest BCUT2D eigenvalue weighted by atomic mass is 10.1. The van der Waals surface area contributed by atoms with Gasteiger partial charge in [0, 0.05) is 0 Å². The van der Waals surface area contributed by atoms with Crippen molar-refractivity contribution in [3.63, 3.8) is 0 Å². The van der Waals surface area contributed by atoms with Gasteiger partial charge in [0.25, 0.3) is 0 Å². The zero-order chi connectivity index (χ0) is 13.9. The SMILES string of the molecule is COc1nc(NN)nc(Oc2ccc3c(c2)CCC3)n1. The molecule has 20 heavy (non-hydrogen) atoms. The summed E-state index contributed by atoms with van der Waals surface area (Å²) in [6, 6.07) is 6.30. The highest BCUT2D eigenvalue weighted by Crippen LogP contribution is 2.28. The minimum atomic E-state index is 0.141. The van der Waals surface area contributed by atoms with Crippen LogP contribution in [-0.2, 0) is 12.8 Å². The Labute approximate surface area is 116 Å². The van der Waals surface area contributed by atoms with Gasteiger partial charge in [0.05, 0.1) is 7.11 Å². The largest absolute Gasteiger partial charge is 0.467 e. The average Bonchev–Trinajstić information content (AvgIpc) is 2.94. The van der Waals surface area contributed by atoms with E-state index in [2.05, 4.69) is 26.4 Å². The second-order valence-electron chi connectivity index (χ2n) is 4.46. The fraction of sp³-hybridized carbons (Fsp3) is 0.308. The molecule has 3 N–H and O–H groups in total. The first kappa shape index (κ1) is 12.6. The molecule has 2 aromatic rings. The van der Waals surface area contributed by atoms with Gasteiger partial charge in [-0.05, 0) is 42.5 Å². The minimum Gasteiger partial charge on any atom is -0.467 e. The van der Waals surface area contributed by atoms with Crippen molar-refractivity contribution in [1.29, 1.82) is 0 Å². The lowest BCUT2D eigenvalue weighted by Crippen LogP contribution is -2.12. The van der Waals surface area contributed by atoms with Crippen LogP contribution in [-0.4, -0.2) is 22.1 Å². The number of nitrogens with two attached hydrogens (primary N) is 1. The zero-order valence-electron chi connectivity index (χ0n) is 11.1. The molecular weight excluding hydrogens is 258 g/mol. The van der Waals surface area contributed by atoms with Gasteiger partial charge in [0.15, 0.2) is 0 Å². The first-order chi connectivity index (χ1) is 9.78. The van der Waals surface area contributed by atoms with Crippen molar-refractivity contribution in [3.8, 4) is 17.8 Å². The van der Waals surface area contributed by atoms with Crippen molar-refractivity contribution in [3.05, 3.63) is 29.3 Å². The number of fused-ring (bicyclic) bond motifs is 1. The number of aromatic nitrogens is 3. The third-order valence-electron chi connectivity index (χ3n) is 3.19. The van der Waals surface area contributed by atoms with Crippen LogP contribution in [0.4, 0.5) is 5.95 Å². The molecule has 0 fully saturated rings. The first-order valence-electron chi connectivity index (χ1n) is 6.35. The quantitative estimate of drug-likeness (QED) is 0.643. The molecule has 1 aromatic heterocycles. The van der Waals surface area contributed by atoms with Crippen molar-refractivity contribution in [2.24, 2.45) is 5.84 Å². The van der Waals surface area contributed by atoms with E-state index >= 15 is 0 Å². The third kappa shape index (κ3) is 2.48. The Morgan fingerprint density at radius 3 is 2.70 bits per heavy atom. The van der Waals surface area contributed by atoms with E-state index in [0.717, 1.165) is 12.8 Å². The number of benzene rings is 1. The highest BCUT2D eigenvalue weighted by Gasteiger charge is 2.13. The van der Waals surface area contributed by atoms with Crippen LogP contribution in [0.3, 0.4) is 0 Å². The zero-order valence-corrected chi connectivity index (χ0v) is 11.1. The second kappa shape index (κ2) is 5.30. The van der Waals surface area contributed by atoms with Crippen LogP contribution in [0.2, 0.25) is 0 Å². The molecule has 0 saturated heterocycles. The Hall–Kier alpha value is -2.41. The molecule has 1 aliphatic carbocycles. The van der Waals surface area contributed by atoms with E-state index in [1.165, 1.54) is 24.7 Å². The summed E-state index contributed by atoms with van der Waals surface area (Å²) in [6.07, 6.45) is 3.42. The summed E-state index contributed by atoms with van der Waals surface area (Å²) in [4.78, 5) is 12.0. The van der Waals surface area contributed by atoms with Gasteiger partial charge in [-0.1, -0.05) is 6.07 Å². The van der Waals surface area contributed by atoms with Crippen LogP contribution in [0.15, 0.2) is 18.2 Å². The number of nitrogen functional groups attached to an aromatic ring is 1. The molecule has 0 saturated carbocycles. The average molecular weight is 273 g/mol. The summed E-state index contributed by atoms with van der Waals surface area (Å²) in [5, 5.41) is 0. The van der Waals surface area contributed by atoms with Crippen LogP contribution in [0.25, 0.3) is 0 Å². The molecule has 0 atom stereocenters. The second-order valence-corrected chi connectivity index (χ2v) is 4.46. The molecule has 1 aromatic carbocycles. The predicted molar refractivity (Wildman–Crippen MR) is 72.7 cm³/mol. The molecular formula is C13H15N5O2. The molecule has 1 heterocycles. The van der Waals surface area contributed by atoms with E-state index in [-0.39, 0.29) is 18.0 Å². The van der Waals surface area contributed by atoms with E-state index in [1.54, 1.807) is 0 Å². The maximum Gasteiger partial charge on any atom is 0.330 e. The van der Waals surface area contributed by atoms with Gasteiger partial charge in [-0.15, -0.1) is 4.98 Å². The number of nitrogens with zero attached hydrogens (tertiary/aromatic N) is 3. The van der Waals surface area contributed by atoms with E-state index < -0.39 is 0 Å². The molecule has 0 aliphatic heterocycles. The van der Waals surface area contributed by atoms with Gasteiger partial charge in [0.1, 0.15) is 5.75 Å². The lowest BCUT2D eigenvalue weighted by Gasteiger charge is -2.08. The van der Waals surface area contributed by atoms with Crippen molar-refractivity contribution in [1.82, 2.24) is 15.0 Å². The van der Waals surface area contributed by atoms with Crippen molar-refractivity contribution in [2.75, 3.05) is 12.5 Å². The van der Waals surface area contributed by atoms with Gasteiger partial charge < -0.3 is 9.47 Å². The van der Waals surface area contributed by atoms with E-state index in [9.17, 15) is 0 Å². The number of anilines is 1. The normalized spacial score (nSPS) is 12.9. The summed E-state index contributed by atoms with van der Waals surface area (Å²) in [5.74, 6) is 6.18. The fourth-order valence-corrected chi connectivity index (χ4v) is 2.26. The smallest absolute Gasteiger partial charge is 0.330 e. The Morgan fingerprint density at radius 2 is 1.90 bits per heavy atom. The summed E-state index contributed by atoms with van der Waals surface area (Å²) >= 11 is 0. The van der Waals surface area contributed by atoms with Gasteiger partial charge in [-0.3, -0.25) is 5.43 Å². The Bertz CT molecular complexity index is 610. The van der Waals surface area contributed by atoms with Gasteiger partial charge in [-0.25, -0.2) is 5.84 Å². The summed E-state index contributed by atoms with van der Waals surface area (Å²) < 4.78 is 10.6. The number of hydrogen-bond donors (Lipinski definition) is 2. The number of aryl methyl sites for hydroxylation is 2. The van der Waals surface area contributed by atoms with Crippen molar-refractivity contribution >= 4 is 5.95 Å². The van der Waals surface area contributed by atoms with Gasteiger partial charge >= 0.3 is 12.0 Å². The van der Waals surface area contributed by atoms with Crippen LogP contribution in [0, 0.1) is 0 Å². The van der Waals surface area contributed by atoms with E-state index in [4.69, 9.17) is 15.3 Å². The van der Waals surface area contributed by atoms with E-state index in [1.807, 2.05) is 12.1 Å². The van der Waals surface area contributed by atoms with Crippen molar-refractivity contribution in [2.45, 2.75) is 19.3 Å². The highest BCUT2D eigenvalue weighted by atomic mass is 16.5. The van der Waals surface area contributed by atoms with Gasteiger partial charge in [0.2, 0.25) is 5.95 Å². The summed E-state index contributed by atoms with van der Waals surface area (Å²) in [5.41, 5.74) is 5.05. The summed E-state index contributed by atoms with van der Waals surface area (Å²) in [6.45, 7) is 0. The first-order valence-corrected chi connectivity index (χ1v) is 6.35. The highest BCUT2D eigenvalue weighted by molar-refractivity contribution is 5.39. The number of ether oxygens (including phenoxy) is 2. The third-order valence-corrected chi connectivity index (χ3v) is 3.19. The molecule has 0 radical (unpaired) electrons. The minimum absolute atomic E-state index is 0.141. The maximum absolute atomic E-state index is 5.65. The maximum atomic E-state index is 5.65. The number of methoxy groups -OCH3 is 1. The molecule has 0 amide bonds. The lowest BCUT2D eigenvalue weighted by molar-refractivity contribution is 0.360. The molecule has 104 valence electrons. The van der Waals surface area contributed by atoms with Crippen LogP contribution < -0.4 is 20.7 Å². The molecule has 0 unspecified atom stereocenters. The summed E-state index contributed by atoms with van der Waals surface area (Å²) in [7, 11) is 1.47. The molecule has 3 rings (SSSR count). The van der Waals surface area contributed by atoms with Crippen LogP contribution in [0.1, 0.15) is 17.5 Å². The number of rotatable bonds is 4. The predicted octanol–water partition coefficient (Wildman–Crippen LogP) is 1.45. The van der Waals surface area contributed by atoms with Crippen LogP contribution >= 0.6 is 0 Å². The van der Waals surface area contributed by atoms with Crippen LogP contribution in [0.5, 0.6) is 17.8 Å². The molecule has 0 spiro atoms. The van der Waals surface area contributed by atoms with Gasteiger partial charge in [-0.2, -0.15) is 9.97 Å². The fourth-order valence-electron chi connectivity index (χ4n) is 2.26. The molecule has 7 heteroatoms.